The zero-order valence-corrected chi connectivity index (χ0v) is 13.3. The summed E-state index contributed by atoms with van der Waals surface area (Å²) in [6.07, 6.45) is 4.28. The van der Waals surface area contributed by atoms with Crippen molar-refractivity contribution in [1.82, 2.24) is 9.97 Å². The van der Waals surface area contributed by atoms with E-state index in [1.165, 1.54) is 0 Å². The molecule has 0 bridgehead atoms. The van der Waals surface area contributed by atoms with Gasteiger partial charge in [-0.05, 0) is 43.7 Å². The molecule has 1 aromatic carbocycles. The van der Waals surface area contributed by atoms with Gasteiger partial charge in [0.2, 0.25) is 5.95 Å². The van der Waals surface area contributed by atoms with E-state index < -0.39 is 0 Å². The molecule has 5 heteroatoms. The van der Waals surface area contributed by atoms with Crippen LogP contribution in [0, 0.1) is 5.92 Å². The summed E-state index contributed by atoms with van der Waals surface area (Å²) in [5, 5.41) is 13.8. The first-order valence-electron chi connectivity index (χ1n) is 7.99. The number of anilines is 2. The van der Waals surface area contributed by atoms with Gasteiger partial charge in [-0.3, -0.25) is 0 Å². The zero-order valence-electron chi connectivity index (χ0n) is 13.3. The number of para-hydroxylation sites is 1. The highest BCUT2D eigenvalue weighted by molar-refractivity contribution is 5.90. The molecular formula is C17H24N4O. The van der Waals surface area contributed by atoms with Crippen LogP contribution in [-0.2, 0) is 0 Å². The standard InChI is InChI=1S/C17H24N4O/c1-21(2)16-14-5-3-4-6-15(14)19-17(20-16)18-13-9-7-12(11-22)8-10-13/h3-6,12-13,22H,7-11H2,1-2H3,(H,18,19,20). The molecule has 3 rings (SSSR count). The highest BCUT2D eigenvalue weighted by Crippen LogP contribution is 2.28. The molecule has 0 amide bonds. The summed E-state index contributed by atoms with van der Waals surface area (Å²) in [6, 6.07) is 8.50. The summed E-state index contributed by atoms with van der Waals surface area (Å²) in [5.41, 5.74) is 0.966. The Balaban J connectivity index is 1.82. The summed E-state index contributed by atoms with van der Waals surface area (Å²) in [7, 11) is 4.01. The third-order valence-corrected chi connectivity index (χ3v) is 4.44. The van der Waals surface area contributed by atoms with Crippen LogP contribution >= 0.6 is 0 Å². The maximum atomic E-state index is 9.23. The van der Waals surface area contributed by atoms with Crippen molar-refractivity contribution >= 4 is 22.7 Å². The average Bonchev–Trinajstić information content (AvgIpc) is 2.54. The lowest BCUT2D eigenvalue weighted by Gasteiger charge is -2.28. The zero-order chi connectivity index (χ0) is 15.5. The molecule has 118 valence electrons. The number of hydrogen-bond donors (Lipinski definition) is 2. The van der Waals surface area contributed by atoms with Crippen molar-refractivity contribution in [2.75, 3.05) is 30.9 Å². The monoisotopic (exact) mass is 300 g/mol. The first kappa shape index (κ1) is 15.0. The lowest BCUT2D eigenvalue weighted by Crippen LogP contribution is -2.28. The van der Waals surface area contributed by atoms with Crippen molar-refractivity contribution in [2.45, 2.75) is 31.7 Å². The molecule has 22 heavy (non-hydrogen) atoms. The van der Waals surface area contributed by atoms with E-state index in [1.54, 1.807) is 0 Å². The van der Waals surface area contributed by atoms with Crippen LogP contribution in [0.25, 0.3) is 10.9 Å². The molecule has 1 aromatic heterocycles. The van der Waals surface area contributed by atoms with Gasteiger partial charge < -0.3 is 15.3 Å². The van der Waals surface area contributed by atoms with Crippen molar-refractivity contribution in [1.29, 1.82) is 0 Å². The molecule has 1 aliphatic carbocycles. The van der Waals surface area contributed by atoms with Crippen LogP contribution in [0.3, 0.4) is 0 Å². The Morgan fingerprint density at radius 1 is 1.14 bits per heavy atom. The summed E-state index contributed by atoms with van der Waals surface area (Å²) >= 11 is 0. The smallest absolute Gasteiger partial charge is 0.225 e. The Labute approximate surface area is 131 Å². The van der Waals surface area contributed by atoms with E-state index in [-0.39, 0.29) is 0 Å². The molecule has 0 spiro atoms. The number of hydrogen-bond acceptors (Lipinski definition) is 5. The maximum absolute atomic E-state index is 9.23. The molecule has 0 atom stereocenters. The van der Waals surface area contributed by atoms with E-state index in [1.807, 2.05) is 37.2 Å². The number of nitrogens with one attached hydrogen (secondary N) is 1. The first-order chi connectivity index (χ1) is 10.7. The Morgan fingerprint density at radius 2 is 1.86 bits per heavy atom. The average molecular weight is 300 g/mol. The van der Waals surface area contributed by atoms with Gasteiger partial charge in [0, 0.05) is 32.1 Å². The Hall–Kier alpha value is -1.88. The van der Waals surface area contributed by atoms with Gasteiger partial charge in [0.05, 0.1) is 5.52 Å². The van der Waals surface area contributed by atoms with Gasteiger partial charge in [-0.2, -0.15) is 4.98 Å². The van der Waals surface area contributed by atoms with Gasteiger partial charge in [0.1, 0.15) is 5.82 Å². The Morgan fingerprint density at radius 3 is 2.55 bits per heavy atom. The largest absolute Gasteiger partial charge is 0.396 e. The highest BCUT2D eigenvalue weighted by atomic mass is 16.3. The molecule has 5 nitrogen and oxygen atoms in total. The van der Waals surface area contributed by atoms with Gasteiger partial charge in [-0.1, -0.05) is 12.1 Å². The van der Waals surface area contributed by atoms with Crippen LogP contribution in [0.5, 0.6) is 0 Å². The van der Waals surface area contributed by atoms with Crippen LogP contribution < -0.4 is 10.2 Å². The number of rotatable bonds is 4. The molecule has 0 unspecified atom stereocenters. The van der Waals surface area contributed by atoms with E-state index in [2.05, 4.69) is 21.4 Å². The lowest BCUT2D eigenvalue weighted by molar-refractivity contribution is 0.185. The minimum absolute atomic E-state index is 0.309. The molecular weight excluding hydrogens is 276 g/mol. The lowest BCUT2D eigenvalue weighted by atomic mass is 9.87. The fourth-order valence-corrected chi connectivity index (χ4v) is 3.14. The third kappa shape index (κ3) is 3.14. The van der Waals surface area contributed by atoms with Crippen molar-refractivity contribution in [3.63, 3.8) is 0 Å². The molecule has 1 fully saturated rings. The predicted molar refractivity (Wildman–Crippen MR) is 90.3 cm³/mol. The first-order valence-corrected chi connectivity index (χ1v) is 7.99. The normalized spacial score (nSPS) is 21.8. The number of aliphatic hydroxyl groups is 1. The van der Waals surface area contributed by atoms with Crippen LogP contribution in [-0.4, -0.2) is 41.8 Å². The molecule has 1 heterocycles. The molecule has 1 saturated carbocycles. The minimum Gasteiger partial charge on any atom is -0.396 e. The predicted octanol–water partition coefficient (Wildman–Crippen LogP) is 2.66. The summed E-state index contributed by atoms with van der Waals surface area (Å²) in [4.78, 5) is 11.4. The van der Waals surface area contributed by atoms with Gasteiger partial charge in [-0.15, -0.1) is 0 Å². The van der Waals surface area contributed by atoms with Crippen molar-refractivity contribution in [2.24, 2.45) is 5.92 Å². The number of nitrogens with zero attached hydrogens (tertiary/aromatic N) is 3. The summed E-state index contributed by atoms with van der Waals surface area (Å²) in [6.45, 7) is 0.309. The van der Waals surface area contributed by atoms with E-state index in [4.69, 9.17) is 0 Å². The van der Waals surface area contributed by atoms with E-state index in [9.17, 15) is 5.11 Å². The molecule has 0 aliphatic heterocycles. The highest BCUT2D eigenvalue weighted by Gasteiger charge is 2.21. The fourth-order valence-electron chi connectivity index (χ4n) is 3.14. The number of benzene rings is 1. The van der Waals surface area contributed by atoms with Crippen molar-refractivity contribution < 1.29 is 5.11 Å². The van der Waals surface area contributed by atoms with Gasteiger partial charge in [0.25, 0.3) is 0 Å². The number of aromatic nitrogens is 2. The minimum atomic E-state index is 0.309. The van der Waals surface area contributed by atoms with E-state index in [0.29, 0.717) is 24.5 Å². The fraction of sp³-hybridized carbons (Fsp3) is 0.529. The van der Waals surface area contributed by atoms with Gasteiger partial charge >= 0.3 is 0 Å². The second kappa shape index (κ2) is 6.48. The van der Waals surface area contributed by atoms with Gasteiger partial charge in [0.15, 0.2) is 0 Å². The SMILES string of the molecule is CN(C)c1nc(NC2CCC(CO)CC2)nc2ccccc12. The second-order valence-corrected chi connectivity index (χ2v) is 6.33. The van der Waals surface area contributed by atoms with Crippen LogP contribution in [0.15, 0.2) is 24.3 Å². The number of fused-ring (bicyclic) bond motifs is 1. The molecule has 2 aromatic rings. The summed E-state index contributed by atoms with van der Waals surface area (Å²) < 4.78 is 0. The van der Waals surface area contributed by atoms with Crippen molar-refractivity contribution in [3.05, 3.63) is 24.3 Å². The molecule has 2 N–H and O–H groups in total. The van der Waals surface area contributed by atoms with Crippen molar-refractivity contribution in [3.8, 4) is 0 Å². The molecule has 0 saturated heterocycles. The van der Waals surface area contributed by atoms with Gasteiger partial charge in [-0.25, -0.2) is 4.98 Å². The van der Waals surface area contributed by atoms with E-state index >= 15 is 0 Å². The Bertz CT molecular complexity index is 636. The number of aliphatic hydroxyl groups excluding tert-OH is 1. The van der Waals surface area contributed by atoms with Crippen LogP contribution in [0.4, 0.5) is 11.8 Å². The maximum Gasteiger partial charge on any atom is 0.225 e. The molecule has 1 aliphatic rings. The molecule has 0 radical (unpaired) electrons. The van der Waals surface area contributed by atoms with Crippen LogP contribution in [0.1, 0.15) is 25.7 Å². The quantitative estimate of drug-likeness (QED) is 0.909. The summed E-state index contributed by atoms with van der Waals surface area (Å²) in [5.74, 6) is 2.11. The topological polar surface area (TPSA) is 61.3 Å². The van der Waals surface area contributed by atoms with E-state index in [0.717, 1.165) is 42.4 Å². The Kier molecular flexibility index (Phi) is 4.43. The van der Waals surface area contributed by atoms with Crippen LogP contribution in [0.2, 0.25) is 0 Å². The second-order valence-electron chi connectivity index (χ2n) is 6.33. The third-order valence-electron chi connectivity index (χ3n) is 4.44.